The molecule has 0 unspecified atom stereocenters. The van der Waals surface area contributed by atoms with E-state index in [2.05, 4.69) is 231 Å². The smallest absolute Gasteiger partial charge is 0.0486 e. The molecule has 0 atom stereocenters. The molecule has 0 aliphatic carbocycles. The number of hydrogen-bond acceptors (Lipinski definition) is 2. The molecule has 0 radical (unpaired) electrons. The number of nitrogen functional groups attached to an aromatic ring is 2. The van der Waals surface area contributed by atoms with Gasteiger partial charge in [0, 0.05) is 33.6 Å². The van der Waals surface area contributed by atoms with Crippen molar-refractivity contribution < 1.29 is 0 Å². The summed E-state index contributed by atoms with van der Waals surface area (Å²) in [5.41, 5.74) is 35.3. The Hall–Kier alpha value is -8.20. The first-order valence-corrected chi connectivity index (χ1v) is 21.1. The molecule has 294 valence electrons. The second-order valence-electron chi connectivity index (χ2n) is 15.7. The van der Waals surface area contributed by atoms with Crippen molar-refractivity contribution in [2.75, 3.05) is 11.5 Å². The van der Waals surface area contributed by atoms with Gasteiger partial charge in [0.15, 0.2) is 0 Å². The van der Waals surface area contributed by atoms with Crippen LogP contribution in [-0.2, 0) is 0 Å². The molecule has 62 heavy (non-hydrogen) atoms. The van der Waals surface area contributed by atoms with E-state index in [9.17, 15) is 0 Å². The maximum atomic E-state index is 7.95. The van der Waals surface area contributed by atoms with E-state index in [1.165, 1.54) is 0 Å². The molecule has 0 aliphatic heterocycles. The van der Waals surface area contributed by atoms with Gasteiger partial charge in [-0.3, -0.25) is 0 Å². The van der Waals surface area contributed by atoms with Crippen LogP contribution in [-0.4, -0.2) is 0 Å². The Morgan fingerprint density at radius 1 is 0.177 bits per heavy atom. The fraction of sp³-hybridized carbons (Fsp3) is 0. The third-order valence-corrected chi connectivity index (χ3v) is 11.8. The predicted molar refractivity (Wildman–Crippen MR) is 264 cm³/mol. The van der Waals surface area contributed by atoms with Crippen LogP contribution in [0.25, 0.3) is 100 Å². The molecular weight excluding hydrogens is 749 g/mol. The molecule has 2 heteroatoms. The van der Waals surface area contributed by atoms with Crippen LogP contribution in [0.15, 0.2) is 243 Å². The van der Waals surface area contributed by atoms with Gasteiger partial charge in [-0.15, -0.1) is 0 Å². The Kier molecular flexibility index (Phi) is 10.3. The van der Waals surface area contributed by atoms with Gasteiger partial charge in [-0.2, -0.15) is 0 Å². The van der Waals surface area contributed by atoms with E-state index in [4.69, 9.17) is 11.5 Å². The Balaban J connectivity index is 1.38. The van der Waals surface area contributed by atoms with E-state index in [1.807, 2.05) is 12.1 Å². The lowest BCUT2D eigenvalue weighted by Crippen LogP contribution is -2.04. The summed E-state index contributed by atoms with van der Waals surface area (Å²) in [6, 6.07) is 86.1. The maximum absolute atomic E-state index is 7.95. The van der Waals surface area contributed by atoms with Gasteiger partial charge in [0.2, 0.25) is 0 Å². The quantitative estimate of drug-likeness (QED) is 0.143. The highest BCUT2D eigenvalue weighted by Crippen LogP contribution is 2.55. The van der Waals surface area contributed by atoms with Crippen LogP contribution in [0.4, 0.5) is 11.4 Å². The summed E-state index contributed by atoms with van der Waals surface area (Å²) in [5, 5.41) is 0. The lowest BCUT2D eigenvalue weighted by molar-refractivity contribution is 1.51. The highest BCUT2D eigenvalue weighted by atomic mass is 14.6. The highest BCUT2D eigenvalue weighted by molar-refractivity contribution is 6.14. The van der Waals surface area contributed by atoms with Crippen molar-refractivity contribution in [2.45, 2.75) is 0 Å². The first-order valence-electron chi connectivity index (χ1n) is 21.1. The van der Waals surface area contributed by atoms with Crippen LogP contribution in [0, 0.1) is 0 Å². The van der Waals surface area contributed by atoms with E-state index in [0.717, 1.165) is 100 Å². The molecule has 0 aromatic heterocycles. The van der Waals surface area contributed by atoms with E-state index < -0.39 is 0 Å². The number of nitrogens with two attached hydrogens (primary N) is 2. The SMILES string of the molecule is Nc1ccc(-c2c(-c3cccc(-c4ccccc4)c3)c(-c3cccc(-c4ccccc4)c3)c(N)c(-c3cccc(-c4ccccc4)c3)c2-c2cccc(-c3ccccc3)c2)cc1. The number of rotatable bonds is 9. The fourth-order valence-corrected chi connectivity index (χ4v) is 8.82. The number of anilines is 2. The first kappa shape index (κ1) is 38.0. The maximum Gasteiger partial charge on any atom is 0.0486 e. The summed E-state index contributed by atoms with van der Waals surface area (Å²) in [6.07, 6.45) is 0. The molecule has 0 fully saturated rings. The molecule has 0 aliphatic rings. The monoisotopic (exact) mass is 792 g/mol. The molecule has 10 rings (SSSR count). The Labute approximate surface area is 364 Å². The molecular formula is C60H44N2. The zero-order valence-electron chi connectivity index (χ0n) is 34.2. The first-order chi connectivity index (χ1) is 30.6. The number of hydrogen-bond donors (Lipinski definition) is 2. The average Bonchev–Trinajstić information content (AvgIpc) is 3.35. The zero-order valence-corrected chi connectivity index (χ0v) is 34.2. The van der Waals surface area contributed by atoms with Crippen LogP contribution < -0.4 is 11.5 Å². The predicted octanol–water partition coefficient (Wildman–Crippen LogP) is 15.9. The standard InChI is InChI=1S/C60H44N2/c61-54-35-33-45(34-36-54)55-56(50-29-13-25-46(37-50)41-17-5-1-6-18-41)58(52-31-15-27-48(39-52)43-21-9-3-10-22-43)60(62)59(53-32-16-28-49(40-53)44-23-11-4-12-24-44)57(55)51-30-14-26-47(38-51)42-19-7-2-8-20-42/h1-40H,61-62H2. The van der Waals surface area contributed by atoms with Crippen molar-refractivity contribution in [1.82, 2.24) is 0 Å². The molecule has 0 saturated carbocycles. The van der Waals surface area contributed by atoms with Gasteiger partial charge in [0.1, 0.15) is 0 Å². The van der Waals surface area contributed by atoms with Crippen molar-refractivity contribution >= 4 is 11.4 Å². The highest BCUT2D eigenvalue weighted by Gasteiger charge is 2.28. The van der Waals surface area contributed by atoms with Crippen LogP contribution >= 0.6 is 0 Å². The van der Waals surface area contributed by atoms with Crippen LogP contribution in [0.5, 0.6) is 0 Å². The lowest BCUT2D eigenvalue weighted by Gasteiger charge is -2.27. The average molecular weight is 793 g/mol. The van der Waals surface area contributed by atoms with Gasteiger partial charge in [-0.25, -0.2) is 0 Å². The molecule has 4 N–H and O–H groups in total. The molecule has 10 aromatic rings. The second-order valence-corrected chi connectivity index (χ2v) is 15.7. The normalized spacial score (nSPS) is 11.0. The van der Waals surface area contributed by atoms with Crippen molar-refractivity contribution in [1.29, 1.82) is 0 Å². The summed E-state index contributed by atoms with van der Waals surface area (Å²) < 4.78 is 0. The van der Waals surface area contributed by atoms with Crippen LogP contribution in [0.3, 0.4) is 0 Å². The summed E-state index contributed by atoms with van der Waals surface area (Å²) in [4.78, 5) is 0. The summed E-state index contributed by atoms with van der Waals surface area (Å²) in [6.45, 7) is 0. The van der Waals surface area contributed by atoms with Gasteiger partial charge in [0.05, 0.1) is 0 Å². The third-order valence-electron chi connectivity index (χ3n) is 11.8. The van der Waals surface area contributed by atoms with Gasteiger partial charge >= 0.3 is 0 Å². The van der Waals surface area contributed by atoms with E-state index in [0.29, 0.717) is 11.4 Å². The zero-order chi connectivity index (χ0) is 41.8. The van der Waals surface area contributed by atoms with E-state index >= 15 is 0 Å². The van der Waals surface area contributed by atoms with Gasteiger partial charge < -0.3 is 11.5 Å². The largest absolute Gasteiger partial charge is 0.399 e. The van der Waals surface area contributed by atoms with Crippen molar-refractivity contribution in [2.24, 2.45) is 0 Å². The summed E-state index contributed by atoms with van der Waals surface area (Å²) in [5.74, 6) is 0. The van der Waals surface area contributed by atoms with Crippen LogP contribution in [0.2, 0.25) is 0 Å². The Morgan fingerprint density at radius 2 is 0.419 bits per heavy atom. The summed E-state index contributed by atoms with van der Waals surface area (Å²) >= 11 is 0. The van der Waals surface area contributed by atoms with E-state index in [1.54, 1.807) is 0 Å². The minimum Gasteiger partial charge on any atom is -0.399 e. The molecule has 0 saturated heterocycles. The van der Waals surface area contributed by atoms with Gasteiger partial charge in [-0.1, -0.05) is 206 Å². The summed E-state index contributed by atoms with van der Waals surface area (Å²) in [7, 11) is 0. The van der Waals surface area contributed by atoms with E-state index in [-0.39, 0.29) is 0 Å². The molecule has 10 aromatic carbocycles. The minimum atomic E-state index is 0.705. The number of benzene rings is 10. The van der Waals surface area contributed by atoms with Gasteiger partial charge in [-0.05, 0) is 114 Å². The molecule has 0 spiro atoms. The van der Waals surface area contributed by atoms with Crippen molar-refractivity contribution in [3.8, 4) is 100 Å². The van der Waals surface area contributed by atoms with Crippen LogP contribution in [0.1, 0.15) is 0 Å². The van der Waals surface area contributed by atoms with Crippen molar-refractivity contribution in [3.63, 3.8) is 0 Å². The third kappa shape index (κ3) is 7.47. The van der Waals surface area contributed by atoms with Crippen molar-refractivity contribution in [3.05, 3.63) is 243 Å². The minimum absolute atomic E-state index is 0.705. The fourth-order valence-electron chi connectivity index (χ4n) is 8.82. The topological polar surface area (TPSA) is 52.0 Å². The van der Waals surface area contributed by atoms with Gasteiger partial charge in [0.25, 0.3) is 0 Å². The molecule has 2 nitrogen and oxygen atoms in total. The Morgan fingerprint density at radius 3 is 0.726 bits per heavy atom. The Bertz CT molecular complexity index is 2960. The second kappa shape index (κ2) is 16.8. The molecule has 0 amide bonds. The molecule has 0 heterocycles. The molecule has 0 bridgehead atoms. The lowest BCUT2D eigenvalue weighted by atomic mass is 9.76.